The van der Waals surface area contributed by atoms with Gasteiger partial charge in [-0.3, -0.25) is 9.59 Å². The van der Waals surface area contributed by atoms with Gasteiger partial charge in [-0.05, 0) is 35.4 Å². The van der Waals surface area contributed by atoms with Crippen LogP contribution in [0.3, 0.4) is 0 Å². The molecule has 0 aliphatic carbocycles. The maximum atomic E-state index is 12.8. The van der Waals surface area contributed by atoms with E-state index in [4.69, 9.17) is 14.2 Å². The van der Waals surface area contributed by atoms with E-state index in [9.17, 15) is 9.59 Å². The summed E-state index contributed by atoms with van der Waals surface area (Å²) in [4.78, 5) is 27.0. The molecule has 7 nitrogen and oxygen atoms in total. The molecular formula is C27H28N2O5. The molecule has 3 aromatic carbocycles. The van der Waals surface area contributed by atoms with E-state index in [1.54, 1.807) is 37.3 Å². The Kier molecular flexibility index (Phi) is 7.32. The Morgan fingerprint density at radius 3 is 2.47 bits per heavy atom. The highest BCUT2D eigenvalue weighted by atomic mass is 16.5. The molecule has 7 heteroatoms. The van der Waals surface area contributed by atoms with Crippen molar-refractivity contribution in [2.24, 2.45) is 5.92 Å². The first-order chi connectivity index (χ1) is 16.6. The minimum absolute atomic E-state index is 0.0938. The van der Waals surface area contributed by atoms with E-state index < -0.39 is 5.92 Å². The Balaban J connectivity index is 1.33. The Labute approximate surface area is 199 Å². The van der Waals surface area contributed by atoms with Crippen molar-refractivity contribution in [1.82, 2.24) is 5.32 Å². The number of anilines is 1. The average molecular weight is 461 g/mol. The van der Waals surface area contributed by atoms with Crippen LogP contribution in [0.15, 0.2) is 72.8 Å². The standard InChI is InChI=1S/C27H28N2O5/c1-32-24-12-11-22(15-25(24)33-2)29-17-21(14-26(29)30)27(31)28-16-20-9-6-10-23(13-20)34-18-19-7-4-3-5-8-19/h3-13,15,21H,14,16-18H2,1-2H3,(H,28,31). The summed E-state index contributed by atoms with van der Waals surface area (Å²) in [6.45, 7) is 1.16. The van der Waals surface area contributed by atoms with Gasteiger partial charge in [-0.15, -0.1) is 0 Å². The van der Waals surface area contributed by atoms with Crippen LogP contribution >= 0.6 is 0 Å². The molecule has 2 amide bonds. The van der Waals surface area contributed by atoms with Crippen LogP contribution in [0.2, 0.25) is 0 Å². The quantitative estimate of drug-likeness (QED) is 0.523. The van der Waals surface area contributed by atoms with Gasteiger partial charge in [-0.1, -0.05) is 42.5 Å². The fourth-order valence-corrected chi connectivity index (χ4v) is 3.95. The summed E-state index contributed by atoms with van der Waals surface area (Å²) in [5.41, 5.74) is 2.70. The number of nitrogens with one attached hydrogen (secondary N) is 1. The molecule has 1 saturated heterocycles. The molecule has 34 heavy (non-hydrogen) atoms. The van der Waals surface area contributed by atoms with Crippen LogP contribution in [0.25, 0.3) is 0 Å². The zero-order valence-electron chi connectivity index (χ0n) is 19.3. The smallest absolute Gasteiger partial charge is 0.227 e. The number of carbonyl (C=O) groups is 2. The van der Waals surface area contributed by atoms with Gasteiger partial charge in [-0.25, -0.2) is 0 Å². The number of carbonyl (C=O) groups excluding carboxylic acids is 2. The monoisotopic (exact) mass is 460 g/mol. The van der Waals surface area contributed by atoms with Gasteiger partial charge in [-0.2, -0.15) is 0 Å². The lowest BCUT2D eigenvalue weighted by atomic mass is 10.1. The summed E-state index contributed by atoms with van der Waals surface area (Å²) < 4.78 is 16.5. The lowest BCUT2D eigenvalue weighted by molar-refractivity contribution is -0.126. The molecule has 1 N–H and O–H groups in total. The molecule has 176 valence electrons. The van der Waals surface area contributed by atoms with Crippen LogP contribution < -0.4 is 24.4 Å². The SMILES string of the molecule is COc1ccc(N2CC(C(=O)NCc3cccc(OCc4ccccc4)c3)CC2=O)cc1OC. The molecule has 4 rings (SSSR count). The molecule has 0 saturated carbocycles. The molecule has 1 heterocycles. The number of ether oxygens (including phenoxy) is 3. The molecule has 1 aliphatic heterocycles. The zero-order chi connectivity index (χ0) is 23.9. The van der Waals surface area contributed by atoms with Crippen molar-refractivity contribution in [2.45, 2.75) is 19.6 Å². The van der Waals surface area contributed by atoms with Crippen LogP contribution in [-0.4, -0.2) is 32.6 Å². The molecule has 0 bridgehead atoms. The highest BCUT2D eigenvalue weighted by molar-refractivity contribution is 6.00. The maximum absolute atomic E-state index is 12.8. The van der Waals surface area contributed by atoms with Crippen molar-refractivity contribution in [3.63, 3.8) is 0 Å². The number of hydrogen-bond acceptors (Lipinski definition) is 5. The van der Waals surface area contributed by atoms with Gasteiger partial charge in [0.25, 0.3) is 0 Å². The molecular weight excluding hydrogens is 432 g/mol. The fourth-order valence-electron chi connectivity index (χ4n) is 3.95. The number of methoxy groups -OCH3 is 2. The first-order valence-electron chi connectivity index (χ1n) is 11.1. The molecule has 1 fully saturated rings. The number of nitrogens with zero attached hydrogens (tertiary/aromatic N) is 1. The van der Waals surface area contributed by atoms with Crippen molar-refractivity contribution in [2.75, 3.05) is 25.7 Å². The lowest BCUT2D eigenvalue weighted by Gasteiger charge is -2.18. The number of benzene rings is 3. The number of hydrogen-bond donors (Lipinski definition) is 1. The summed E-state index contributed by atoms with van der Waals surface area (Å²) in [6, 6.07) is 22.9. The molecule has 0 radical (unpaired) electrons. The minimum Gasteiger partial charge on any atom is -0.493 e. The second kappa shape index (κ2) is 10.7. The minimum atomic E-state index is -0.418. The van der Waals surface area contributed by atoms with Gasteiger partial charge in [0.15, 0.2) is 11.5 Å². The Morgan fingerprint density at radius 2 is 1.71 bits per heavy atom. The van der Waals surface area contributed by atoms with E-state index in [-0.39, 0.29) is 18.2 Å². The fraction of sp³-hybridized carbons (Fsp3) is 0.259. The Hall–Kier alpha value is -4.00. The third kappa shape index (κ3) is 5.49. The maximum Gasteiger partial charge on any atom is 0.227 e. The van der Waals surface area contributed by atoms with E-state index in [2.05, 4.69) is 5.32 Å². The lowest BCUT2D eigenvalue weighted by Crippen LogP contribution is -2.32. The van der Waals surface area contributed by atoms with Gasteiger partial charge in [0.1, 0.15) is 12.4 Å². The van der Waals surface area contributed by atoms with Gasteiger partial charge >= 0.3 is 0 Å². The Bertz CT molecular complexity index is 1150. The van der Waals surface area contributed by atoms with Crippen LogP contribution in [0.5, 0.6) is 17.2 Å². The van der Waals surface area contributed by atoms with Crippen molar-refractivity contribution < 1.29 is 23.8 Å². The van der Waals surface area contributed by atoms with Gasteiger partial charge < -0.3 is 24.4 Å². The van der Waals surface area contributed by atoms with Gasteiger partial charge in [0, 0.05) is 31.3 Å². The summed E-state index contributed by atoms with van der Waals surface area (Å²) >= 11 is 0. The van der Waals surface area contributed by atoms with E-state index in [0.717, 1.165) is 16.9 Å². The van der Waals surface area contributed by atoms with Crippen molar-refractivity contribution in [3.8, 4) is 17.2 Å². The van der Waals surface area contributed by atoms with Crippen molar-refractivity contribution >= 4 is 17.5 Å². The van der Waals surface area contributed by atoms with Crippen molar-refractivity contribution in [3.05, 3.63) is 83.9 Å². The summed E-state index contributed by atoms with van der Waals surface area (Å²) in [6.07, 6.45) is 0.167. The van der Waals surface area contributed by atoms with Gasteiger partial charge in [0.05, 0.1) is 20.1 Å². The predicted molar refractivity (Wildman–Crippen MR) is 129 cm³/mol. The van der Waals surface area contributed by atoms with Crippen LogP contribution in [-0.2, 0) is 22.7 Å². The van der Waals surface area contributed by atoms with Gasteiger partial charge in [0.2, 0.25) is 11.8 Å². The Morgan fingerprint density at radius 1 is 0.941 bits per heavy atom. The average Bonchev–Trinajstić information content (AvgIpc) is 3.28. The van der Waals surface area contributed by atoms with Crippen LogP contribution in [0, 0.1) is 5.92 Å². The molecule has 1 atom stereocenters. The third-order valence-electron chi connectivity index (χ3n) is 5.79. The summed E-state index contributed by atoms with van der Waals surface area (Å²) in [5.74, 6) is 1.21. The predicted octanol–water partition coefficient (Wildman–Crippen LogP) is 3.95. The van der Waals surface area contributed by atoms with E-state index in [0.29, 0.717) is 36.9 Å². The van der Waals surface area contributed by atoms with Crippen LogP contribution in [0.1, 0.15) is 17.5 Å². The normalized spacial score (nSPS) is 15.2. The zero-order valence-corrected chi connectivity index (χ0v) is 19.3. The number of rotatable bonds is 9. The number of amides is 2. The van der Waals surface area contributed by atoms with E-state index in [1.165, 1.54) is 0 Å². The van der Waals surface area contributed by atoms with Crippen LogP contribution in [0.4, 0.5) is 5.69 Å². The summed E-state index contributed by atoms with van der Waals surface area (Å²) in [7, 11) is 3.11. The first kappa shape index (κ1) is 23.2. The molecule has 1 unspecified atom stereocenters. The molecule has 1 aliphatic rings. The highest BCUT2D eigenvalue weighted by Gasteiger charge is 2.35. The summed E-state index contributed by atoms with van der Waals surface area (Å²) in [5, 5.41) is 2.96. The van der Waals surface area contributed by atoms with E-state index in [1.807, 2.05) is 54.6 Å². The second-order valence-corrected chi connectivity index (χ2v) is 8.08. The molecule has 0 spiro atoms. The molecule has 0 aromatic heterocycles. The highest BCUT2D eigenvalue weighted by Crippen LogP contribution is 2.34. The second-order valence-electron chi connectivity index (χ2n) is 8.08. The van der Waals surface area contributed by atoms with E-state index >= 15 is 0 Å². The largest absolute Gasteiger partial charge is 0.493 e. The van der Waals surface area contributed by atoms with Crippen molar-refractivity contribution in [1.29, 1.82) is 0 Å². The first-order valence-corrected chi connectivity index (χ1v) is 11.1. The third-order valence-corrected chi connectivity index (χ3v) is 5.79. The topological polar surface area (TPSA) is 77.1 Å². The molecule has 3 aromatic rings.